The van der Waals surface area contributed by atoms with Crippen molar-refractivity contribution < 1.29 is 22.3 Å². The molecule has 2 aromatic heterocycles. The van der Waals surface area contributed by atoms with Crippen LogP contribution in [0.25, 0.3) is 0 Å². The first-order chi connectivity index (χ1) is 21.1. The highest BCUT2D eigenvalue weighted by Crippen LogP contribution is 2.43. The van der Waals surface area contributed by atoms with Crippen molar-refractivity contribution in [3.8, 4) is 0 Å². The summed E-state index contributed by atoms with van der Waals surface area (Å²) >= 11 is 0. The molecule has 1 saturated heterocycles. The van der Waals surface area contributed by atoms with E-state index in [-0.39, 0.29) is 24.4 Å². The Morgan fingerprint density at radius 2 is 1.64 bits per heavy atom. The van der Waals surface area contributed by atoms with Crippen LogP contribution < -0.4 is 17.0 Å². The molecule has 230 valence electrons. The summed E-state index contributed by atoms with van der Waals surface area (Å²) in [6, 6.07) is 14.7. The minimum Gasteiger partial charge on any atom is -0.364 e. The average Bonchev–Trinajstić information content (AvgIpc) is 3.38. The summed E-state index contributed by atoms with van der Waals surface area (Å²) in [5.41, 5.74) is 4.21. The Labute approximate surface area is 250 Å². The molecule has 0 unspecified atom stereocenters. The van der Waals surface area contributed by atoms with Gasteiger partial charge in [-0.25, -0.2) is 9.18 Å². The molecule has 0 aliphatic carbocycles. The lowest BCUT2D eigenvalue weighted by Crippen LogP contribution is -2.49. The van der Waals surface area contributed by atoms with Gasteiger partial charge in [-0.3, -0.25) is 23.8 Å². The normalized spacial score (nSPS) is 17.1. The molecule has 0 amide bonds. The number of aromatic nitrogens is 3. The third-order valence-electron chi connectivity index (χ3n) is 8.64. The number of nitrogens with zero attached hydrogens (tertiary/aromatic N) is 4. The van der Waals surface area contributed by atoms with E-state index < -0.39 is 52.6 Å². The summed E-state index contributed by atoms with van der Waals surface area (Å²) in [5.74, 6) is -1.10. The van der Waals surface area contributed by atoms with Gasteiger partial charge in [0.25, 0.3) is 5.56 Å². The maximum Gasteiger partial charge on any atom is 0.416 e. The molecule has 6 rings (SSSR count). The number of halogens is 4. The predicted molar refractivity (Wildman–Crippen MR) is 154 cm³/mol. The van der Waals surface area contributed by atoms with Crippen LogP contribution in [0.15, 0.2) is 82.6 Å². The zero-order valence-electron chi connectivity index (χ0n) is 23.8. The van der Waals surface area contributed by atoms with Crippen molar-refractivity contribution in [2.24, 2.45) is 5.73 Å². The highest BCUT2D eigenvalue weighted by Gasteiger charge is 2.47. The molecular formula is C32H31F4N5O3. The Balaban J connectivity index is 1.43. The van der Waals surface area contributed by atoms with E-state index in [2.05, 4.69) is 9.88 Å². The number of nitrogens with two attached hydrogens (primary N) is 1. The minimum absolute atomic E-state index is 0.161. The van der Waals surface area contributed by atoms with E-state index in [0.29, 0.717) is 38.0 Å². The zero-order valence-corrected chi connectivity index (χ0v) is 23.8. The Kier molecular flexibility index (Phi) is 7.99. The molecule has 1 spiro atoms. The Hall–Kier alpha value is -4.13. The van der Waals surface area contributed by atoms with E-state index >= 15 is 0 Å². The second-order valence-corrected chi connectivity index (χ2v) is 11.3. The Morgan fingerprint density at radius 3 is 2.32 bits per heavy atom. The number of hydrogen-bond donors (Lipinski definition) is 1. The quantitative estimate of drug-likeness (QED) is 0.314. The third-order valence-corrected chi connectivity index (χ3v) is 8.64. The van der Waals surface area contributed by atoms with Crippen molar-refractivity contribution in [3.63, 3.8) is 0 Å². The number of benzene rings is 2. The van der Waals surface area contributed by atoms with Crippen LogP contribution in [0, 0.1) is 5.82 Å². The highest BCUT2D eigenvalue weighted by atomic mass is 19.4. The number of alkyl halides is 3. The minimum atomic E-state index is -4.85. The van der Waals surface area contributed by atoms with Gasteiger partial charge in [0.05, 0.1) is 36.5 Å². The molecule has 44 heavy (non-hydrogen) atoms. The van der Waals surface area contributed by atoms with E-state index in [1.54, 1.807) is 42.7 Å². The number of hydrogen-bond acceptors (Lipinski definition) is 6. The van der Waals surface area contributed by atoms with Crippen molar-refractivity contribution in [1.29, 1.82) is 0 Å². The molecule has 2 N–H and O–H groups in total. The van der Waals surface area contributed by atoms with Crippen molar-refractivity contribution in [1.82, 2.24) is 19.0 Å². The summed E-state index contributed by atoms with van der Waals surface area (Å²) in [4.78, 5) is 34.3. The Morgan fingerprint density at radius 1 is 0.932 bits per heavy atom. The van der Waals surface area contributed by atoms with Crippen molar-refractivity contribution in [3.05, 3.63) is 133 Å². The van der Waals surface area contributed by atoms with Gasteiger partial charge >= 0.3 is 11.9 Å². The number of likely N-dealkylation sites (tertiary alicyclic amines) is 1. The number of rotatable bonds is 7. The molecular weight excluding hydrogens is 578 g/mol. The fourth-order valence-corrected chi connectivity index (χ4v) is 6.31. The van der Waals surface area contributed by atoms with Crippen LogP contribution in [0.5, 0.6) is 0 Å². The molecule has 2 aliphatic rings. The van der Waals surface area contributed by atoms with E-state index in [1.165, 1.54) is 0 Å². The van der Waals surface area contributed by atoms with Gasteiger partial charge < -0.3 is 10.5 Å². The molecule has 1 atom stereocenters. The maximum absolute atomic E-state index is 15.0. The van der Waals surface area contributed by atoms with Gasteiger partial charge in [0.1, 0.15) is 11.4 Å². The molecule has 8 nitrogen and oxygen atoms in total. The van der Waals surface area contributed by atoms with Crippen LogP contribution in [0.1, 0.15) is 52.4 Å². The second-order valence-electron chi connectivity index (χ2n) is 11.3. The zero-order chi connectivity index (χ0) is 31.1. The van der Waals surface area contributed by atoms with Crippen LogP contribution in [-0.2, 0) is 42.8 Å². The summed E-state index contributed by atoms with van der Waals surface area (Å²) < 4.78 is 65.1. The highest BCUT2D eigenvalue weighted by molar-refractivity contribution is 5.35. The molecule has 2 aliphatic heterocycles. The fourth-order valence-electron chi connectivity index (χ4n) is 6.31. The summed E-state index contributed by atoms with van der Waals surface area (Å²) in [5, 5.41) is 0. The molecule has 2 aromatic carbocycles. The molecule has 0 radical (unpaired) electrons. The lowest BCUT2D eigenvalue weighted by atomic mass is 9.85. The van der Waals surface area contributed by atoms with Crippen LogP contribution in [0.3, 0.4) is 0 Å². The lowest BCUT2D eigenvalue weighted by molar-refractivity contribution is -0.138. The van der Waals surface area contributed by atoms with Gasteiger partial charge in [0.2, 0.25) is 0 Å². The van der Waals surface area contributed by atoms with Gasteiger partial charge in [-0.15, -0.1) is 0 Å². The number of ether oxygens (including phenoxy) is 1. The summed E-state index contributed by atoms with van der Waals surface area (Å²) in [7, 11) is 0. The second kappa shape index (κ2) is 11.8. The monoisotopic (exact) mass is 609 g/mol. The first-order valence-corrected chi connectivity index (χ1v) is 14.3. The number of piperidine rings is 1. The molecule has 0 bridgehead atoms. The maximum atomic E-state index is 15.0. The number of fused-ring (bicyclic) bond motifs is 2. The Bertz CT molecular complexity index is 1770. The van der Waals surface area contributed by atoms with E-state index in [4.69, 9.17) is 10.5 Å². The van der Waals surface area contributed by atoms with Crippen molar-refractivity contribution in [2.45, 2.75) is 56.9 Å². The fraction of sp³-hybridized carbons (Fsp3) is 0.344. The number of pyridine rings is 1. The predicted octanol–water partition coefficient (Wildman–Crippen LogP) is 4.33. The van der Waals surface area contributed by atoms with Crippen LogP contribution >= 0.6 is 0 Å². The van der Waals surface area contributed by atoms with Crippen molar-refractivity contribution >= 4 is 0 Å². The topological polar surface area (TPSA) is 95.4 Å². The smallest absolute Gasteiger partial charge is 0.364 e. The lowest BCUT2D eigenvalue weighted by Gasteiger charge is -2.39. The van der Waals surface area contributed by atoms with Crippen LogP contribution in [0.2, 0.25) is 0 Å². The summed E-state index contributed by atoms with van der Waals surface area (Å²) in [6.07, 6.45) is -0.557. The largest absolute Gasteiger partial charge is 0.416 e. The van der Waals surface area contributed by atoms with Gasteiger partial charge in [-0.1, -0.05) is 36.4 Å². The average molecular weight is 610 g/mol. The van der Waals surface area contributed by atoms with E-state index in [0.717, 1.165) is 32.9 Å². The van der Waals surface area contributed by atoms with E-state index in [1.807, 2.05) is 12.1 Å². The third kappa shape index (κ3) is 5.60. The molecule has 0 saturated carbocycles. The molecule has 4 heterocycles. The van der Waals surface area contributed by atoms with Gasteiger partial charge in [0.15, 0.2) is 0 Å². The summed E-state index contributed by atoms with van der Waals surface area (Å²) in [6.45, 7) is 0.727. The SMILES string of the molecule is N[C@@H](Cn1c(=O)c2c(n(Cc3c(F)cccc3C(F)(F)F)c1=O)COC21CCN(Cc2ccncc2)CC1)c1ccccc1. The van der Waals surface area contributed by atoms with Gasteiger partial charge in [-0.05, 0) is 48.2 Å². The van der Waals surface area contributed by atoms with Gasteiger partial charge in [0, 0.05) is 43.6 Å². The molecule has 4 aromatic rings. The first kappa shape index (κ1) is 29.9. The molecule has 1 fully saturated rings. The first-order valence-electron chi connectivity index (χ1n) is 14.3. The standard InChI is InChI=1S/C32H31F4N5O3/c33-25-8-4-7-24(32(34,35)36)23(25)18-40-27-20-44-31(11-15-39(16-12-31)17-21-9-13-38-14-10-21)28(27)29(42)41(30(40)43)19-26(37)22-5-2-1-3-6-22/h1-10,13-14,26H,11-12,15-20,37H2/t26-/m0/s1. The van der Waals surface area contributed by atoms with E-state index in [9.17, 15) is 27.2 Å². The van der Waals surface area contributed by atoms with Crippen LogP contribution in [0.4, 0.5) is 17.6 Å². The van der Waals surface area contributed by atoms with Crippen LogP contribution in [-0.4, -0.2) is 32.1 Å². The van der Waals surface area contributed by atoms with Crippen molar-refractivity contribution in [2.75, 3.05) is 13.1 Å². The van der Waals surface area contributed by atoms with Gasteiger partial charge in [-0.2, -0.15) is 13.2 Å². The molecule has 12 heteroatoms.